The number of aliphatic hydroxyl groups is 1. The quantitative estimate of drug-likeness (QED) is 0.762. The van der Waals surface area contributed by atoms with Gasteiger partial charge >= 0.3 is 0 Å². The van der Waals surface area contributed by atoms with E-state index in [1.165, 1.54) is 17.7 Å². The Morgan fingerprint density at radius 3 is 2.56 bits per heavy atom. The van der Waals surface area contributed by atoms with Gasteiger partial charge in [0, 0.05) is 17.5 Å². The molecule has 0 spiro atoms. The lowest BCUT2D eigenvalue weighted by Crippen LogP contribution is -2.26. The van der Waals surface area contributed by atoms with E-state index >= 15 is 0 Å². The second-order valence-electron chi connectivity index (χ2n) is 4.98. The second kappa shape index (κ2) is 7.87. The highest BCUT2D eigenvalue weighted by Gasteiger charge is 2.14. The van der Waals surface area contributed by atoms with Crippen molar-refractivity contribution in [2.24, 2.45) is 5.92 Å². The predicted octanol–water partition coefficient (Wildman–Crippen LogP) is 3.21. The van der Waals surface area contributed by atoms with E-state index < -0.39 is 0 Å². The maximum atomic E-state index is 9.06. The van der Waals surface area contributed by atoms with Crippen LogP contribution >= 0.6 is 11.3 Å². The van der Waals surface area contributed by atoms with Crippen molar-refractivity contribution in [3.05, 3.63) is 15.6 Å². The summed E-state index contributed by atoms with van der Waals surface area (Å²) >= 11 is 1.78. The number of hydrogen-bond donors (Lipinski definition) is 2. The first-order valence-electron chi connectivity index (χ1n) is 6.86. The van der Waals surface area contributed by atoms with Gasteiger partial charge in [-0.25, -0.2) is 4.98 Å². The van der Waals surface area contributed by atoms with Crippen molar-refractivity contribution < 1.29 is 5.11 Å². The van der Waals surface area contributed by atoms with Crippen LogP contribution < -0.4 is 5.32 Å². The molecule has 0 saturated carbocycles. The monoisotopic (exact) mass is 270 g/mol. The summed E-state index contributed by atoms with van der Waals surface area (Å²) in [7, 11) is 0. The average molecular weight is 270 g/mol. The van der Waals surface area contributed by atoms with Crippen molar-refractivity contribution in [2.45, 2.75) is 53.0 Å². The number of aromatic nitrogens is 1. The molecule has 0 radical (unpaired) electrons. The standard InChI is InChI=1S/C14H26N2OS/c1-5-6-13(7-8-17)9-15-10(2)14-11(3)16-12(4)18-14/h10,13,15,17H,5-9H2,1-4H3. The third-order valence-corrected chi connectivity index (χ3v) is 4.54. The van der Waals surface area contributed by atoms with E-state index in [0.29, 0.717) is 18.6 Å². The largest absolute Gasteiger partial charge is 0.396 e. The third kappa shape index (κ3) is 4.67. The predicted molar refractivity (Wildman–Crippen MR) is 78.1 cm³/mol. The number of hydrogen-bond acceptors (Lipinski definition) is 4. The molecule has 1 aromatic rings. The minimum absolute atomic E-state index is 0.291. The molecule has 3 nitrogen and oxygen atoms in total. The molecule has 104 valence electrons. The van der Waals surface area contributed by atoms with Crippen molar-refractivity contribution in [1.29, 1.82) is 0 Å². The lowest BCUT2D eigenvalue weighted by Gasteiger charge is -2.19. The molecule has 0 aliphatic carbocycles. The average Bonchev–Trinajstić information content (AvgIpc) is 2.65. The molecular formula is C14H26N2OS. The third-order valence-electron chi connectivity index (χ3n) is 3.28. The highest BCUT2D eigenvalue weighted by molar-refractivity contribution is 7.11. The fraction of sp³-hybridized carbons (Fsp3) is 0.786. The highest BCUT2D eigenvalue weighted by Crippen LogP contribution is 2.24. The van der Waals surface area contributed by atoms with E-state index in [1.807, 2.05) is 0 Å². The molecule has 1 rings (SSSR count). The zero-order chi connectivity index (χ0) is 13.5. The molecule has 2 N–H and O–H groups in total. The van der Waals surface area contributed by atoms with E-state index in [-0.39, 0.29) is 0 Å². The van der Waals surface area contributed by atoms with E-state index in [1.54, 1.807) is 11.3 Å². The van der Waals surface area contributed by atoms with Crippen LogP contribution in [-0.4, -0.2) is 23.2 Å². The maximum Gasteiger partial charge on any atom is 0.0900 e. The summed E-state index contributed by atoms with van der Waals surface area (Å²) in [6, 6.07) is 0.356. The number of thiazole rings is 1. The van der Waals surface area contributed by atoms with Crippen LogP contribution in [0, 0.1) is 19.8 Å². The molecule has 18 heavy (non-hydrogen) atoms. The van der Waals surface area contributed by atoms with Crippen LogP contribution in [0.3, 0.4) is 0 Å². The van der Waals surface area contributed by atoms with Crippen LogP contribution in [-0.2, 0) is 0 Å². The molecule has 0 aromatic carbocycles. The van der Waals surface area contributed by atoms with Gasteiger partial charge in [-0.15, -0.1) is 11.3 Å². The summed E-state index contributed by atoms with van der Waals surface area (Å²) in [5.41, 5.74) is 1.15. The summed E-state index contributed by atoms with van der Waals surface area (Å²) in [6.07, 6.45) is 3.26. The molecular weight excluding hydrogens is 244 g/mol. The Balaban J connectivity index is 2.48. The summed E-state index contributed by atoms with van der Waals surface area (Å²) in [5.74, 6) is 0.580. The highest BCUT2D eigenvalue weighted by atomic mass is 32.1. The van der Waals surface area contributed by atoms with Crippen LogP contribution in [0.25, 0.3) is 0 Å². The minimum atomic E-state index is 0.291. The Labute approximate surface area is 115 Å². The lowest BCUT2D eigenvalue weighted by molar-refractivity contribution is 0.246. The smallest absolute Gasteiger partial charge is 0.0900 e. The van der Waals surface area contributed by atoms with Gasteiger partial charge in [0.2, 0.25) is 0 Å². The molecule has 4 heteroatoms. The Morgan fingerprint density at radius 1 is 1.33 bits per heavy atom. The lowest BCUT2D eigenvalue weighted by atomic mass is 10.00. The summed E-state index contributed by atoms with van der Waals surface area (Å²) in [4.78, 5) is 5.81. The van der Waals surface area contributed by atoms with E-state index in [2.05, 4.69) is 38.0 Å². The van der Waals surface area contributed by atoms with Crippen molar-refractivity contribution in [3.63, 3.8) is 0 Å². The van der Waals surface area contributed by atoms with Gasteiger partial charge < -0.3 is 10.4 Å². The van der Waals surface area contributed by atoms with Crippen LogP contribution in [0.15, 0.2) is 0 Å². The minimum Gasteiger partial charge on any atom is -0.396 e. The fourth-order valence-corrected chi connectivity index (χ4v) is 3.28. The van der Waals surface area contributed by atoms with Crippen LogP contribution in [0.1, 0.15) is 54.7 Å². The molecule has 1 heterocycles. The Morgan fingerprint density at radius 2 is 2.06 bits per heavy atom. The summed E-state index contributed by atoms with van der Waals surface area (Å²) in [6.45, 7) is 9.80. The first-order chi connectivity index (χ1) is 8.58. The normalized spacial score (nSPS) is 14.7. The van der Waals surface area contributed by atoms with Gasteiger partial charge in [-0.05, 0) is 46.1 Å². The van der Waals surface area contributed by atoms with Gasteiger partial charge in [0.15, 0.2) is 0 Å². The number of rotatable bonds is 8. The van der Waals surface area contributed by atoms with Crippen molar-refractivity contribution in [2.75, 3.05) is 13.2 Å². The van der Waals surface area contributed by atoms with Crippen molar-refractivity contribution >= 4 is 11.3 Å². The van der Waals surface area contributed by atoms with Gasteiger partial charge in [0.05, 0.1) is 10.7 Å². The molecule has 0 saturated heterocycles. The molecule has 0 aliphatic rings. The first-order valence-corrected chi connectivity index (χ1v) is 7.68. The molecule has 2 unspecified atom stereocenters. The number of aryl methyl sites for hydroxylation is 2. The van der Waals surface area contributed by atoms with E-state index in [0.717, 1.165) is 23.7 Å². The van der Waals surface area contributed by atoms with E-state index in [4.69, 9.17) is 5.11 Å². The number of nitrogens with zero attached hydrogens (tertiary/aromatic N) is 1. The Kier molecular flexibility index (Phi) is 6.82. The molecule has 0 fully saturated rings. The van der Waals surface area contributed by atoms with Crippen LogP contribution in [0.4, 0.5) is 0 Å². The van der Waals surface area contributed by atoms with Gasteiger partial charge in [-0.2, -0.15) is 0 Å². The second-order valence-corrected chi connectivity index (χ2v) is 6.21. The van der Waals surface area contributed by atoms with Gasteiger partial charge in [0.1, 0.15) is 0 Å². The zero-order valence-electron chi connectivity index (χ0n) is 12.0. The summed E-state index contributed by atoms with van der Waals surface area (Å²) in [5, 5.41) is 13.8. The summed E-state index contributed by atoms with van der Waals surface area (Å²) < 4.78 is 0. The topological polar surface area (TPSA) is 45.1 Å². The van der Waals surface area contributed by atoms with Crippen molar-refractivity contribution in [3.8, 4) is 0 Å². The van der Waals surface area contributed by atoms with Crippen LogP contribution in [0.5, 0.6) is 0 Å². The Hall–Kier alpha value is -0.450. The maximum absolute atomic E-state index is 9.06. The number of aliphatic hydroxyl groups excluding tert-OH is 1. The fourth-order valence-electron chi connectivity index (χ4n) is 2.32. The van der Waals surface area contributed by atoms with Gasteiger partial charge in [-0.3, -0.25) is 0 Å². The molecule has 0 aliphatic heterocycles. The first kappa shape index (κ1) is 15.6. The van der Waals surface area contributed by atoms with Crippen molar-refractivity contribution in [1.82, 2.24) is 10.3 Å². The van der Waals surface area contributed by atoms with Gasteiger partial charge in [0.25, 0.3) is 0 Å². The number of nitrogens with one attached hydrogen (secondary N) is 1. The SMILES string of the molecule is CCCC(CCO)CNC(C)c1sc(C)nc1C. The molecule has 1 aromatic heterocycles. The Bertz CT molecular complexity index is 346. The van der Waals surface area contributed by atoms with Gasteiger partial charge in [-0.1, -0.05) is 13.3 Å². The molecule has 0 amide bonds. The van der Waals surface area contributed by atoms with Crippen LogP contribution in [0.2, 0.25) is 0 Å². The van der Waals surface area contributed by atoms with E-state index in [9.17, 15) is 0 Å². The zero-order valence-corrected chi connectivity index (χ0v) is 12.8. The molecule has 2 atom stereocenters. The molecule has 0 bridgehead atoms.